The second kappa shape index (κ2) is 6.91. The fourth-order valence-corrected chi connectivity index (χ4v) is 3.53. The number of hydrogen-bond donors (Lipinski definition) is 1. The van der Waals surface area contributed by atoms with E-state index in [1.54, 1.807) is 38.1 Å². The van der Waals surface area contributed by atoms with E-state index in [1.165, 1.54) is 6.20 Å². The fraction of sp³-hybridized carbons (Fsp3) is 0.286. The summed E-state index contributed by atoms with van der Waals surface area (Å²) in [7, 11) is -3.53. The zero-order chi connectivity index (χ0) is 16.3. The van der Waals surface area contributed by atoms with E-state index in [0.717, 1.165) is 5.56 Å². The number of benzene rings is 1. The lowest BCUT2D eigenvalue weighted by atomic mass is 10.1. The first-order valence-corrected chi connectivity index (χ1v) is 8.80. The molecule has 118 valence electrons. The van der Waals surface area contributed by atoms with Gasteiger partial charge in [-0.3, -0.25) is 0 Å². The quantitative estimate of drug-likeness (QED) is 0.832. The molecule has 0 amide bonds. The summed E-state index contributed by atoms with van der Waals surface area (Å²) in [4.78, 5) is 8.06. The smallest absolute Gasteiger partial charge is 0.225 e. The van der Waals surface area contributed by atoms with Gasteiger partial charge in [-0.15, -0.1) is 0 Å². The van der Waals surface area contributed by atoms with Crippen LogP contribution in [0.4, 0.5) is 0 Å². The van der Waals surface area contributed by atoms with Crippen LogP contribution in [0, 0.1) is 0 Å². The van der Waals surface area contributed by atoms with Crippen LogP contribution in [0.3, 0.4) is 0 Å². The molecule has 0 radical (unpaired) electrons. The fourth-order valence-electron chi connectivity index (χ4n) is 1.90. The predicted octanol–water partition coefficient (Wildman–Crippen LogP) is 3.06. The monoisotopic (exact) mass is 359 g/mol. The van der Waals surface area contributed by atoms with Crippen LogP contribution >= 0.6 is 23.2 Å². The molecule has 1 N–H and O–H groups in total. The lowest BCUT2D eigenvalue weighted by Gasteiger charge is -2.11. The number of rotatable bonds is 5. The molecule has 5 nitrogen and oxygen atoms in total. The number of aromatic nitrogens is 2. The number of hydrogen-bond acceptors (Lipinski definition) is 4. The molecule has 2 aromatic rings. The van der Waals surface area contributed by atoms with Gasteiger partial charge in [0.05, 0.1) is 21.8 Å². The van der Waals surface area contributed by atoms with E-state index < -0.39 is 10.0 Å². The van der Waals surface area contributed by atoms with Gasteiger partial charge in [0.15, 0.2) is 0 Å². The summed E-state index contributed by atoms with van der Waals surface area (Å²) in [6, 6.07) is 6.45. The third-order valence-corrected chi connectivity index (χ3v) is 4.91. The van der Waals surface area contributed by atoms with Gasteiger partial charge >= 0.3 is 0 Å². The molecule has 0 fully saturated rings. The molecule has 22 heavy (non-hydrogen) atoms. The Morgan fingerprint density at radius 2 is 2.00 bits per heavy atom. The van der Waals surface area contributed by atoms with Crippen molar-refractivity contribution in [2.24, 2.45) is 0 Å². The molecule has 0 aliphatic heterocycles. The highest BCUT2D eigenvalue weighted by Gasteiger charge is 2.16. The van der Waals surface area contributed by atoms with E-state index in [-0.39, 0.29) is 16.2 Å². The molecule has 1 heterocycles. The summed E-state index contributed by atoms with van der Waals surface area (Å²) in [5.74, 6) is 0. The first-order chi connectivity index (χ1) is 10.3. The van der Waals surface area contributed by atoms with Gasteiger partial charge in [-0.2, -0.15) is 0 Å². The maximum Gasteiger partial charge on any atom is 0.240 e. The van der Waals surface area contributed by atoms with Gasteiger partial charge in [-0.25, -0.2) is 23.1 Å². The van der Waals surface area contributed by atoms with Crippen molar-refractivity contribution in [3.8, 4) is 0 Å². The average Bonchev–Trinajstić information content (AvgIpc) is 2.42. The van der Waals surface area contributed by atoms with Gasteiger partial charge in [0, 0.05) is 12.5 Å². The highest BCUT2D eigenvalue weighted by Crippen LogP contribution is 2.20. The van der Waals surface area contributed by atoms with Crippen LogP contribution in [-0.2, 0) is 16.4 Å². The Hall–Kier alpha value is -1.21. The molecule has 0 aliphatic rings. The summed E-state index contributed by atoms with van der Waals surface area (Å²) >= 11 is 11.8. The maximum absolute atomic E-state index is 12.2. The molecule has 0 atom stereocenters. The Bertz CT molecular complexity index is 779. The van der Waals surface area contributed by atoms with Crippen LogP contribution in [-0.4, -0.2) is 24.4 Å². The second-order valence-electron chi connectivity index (χ2n) is 5.03. The minimum Gasteiger partial charge on any atom is -0.225 e. The molecular formula is C14H15Cl2N3O2S. The largest absolute Gasteiger partial charge is 0.240 e. The van der Waals surface area contributed by atoms with E-state index in [2.05, 4.69) is 14.7 Å². The van der Waals surface area contributed by atoms with Gasteiger partial charge < -0.3 is 0 Å². The second-order valence-corrected chi connectivity index (χ2v) is 7.49. The van der Waals surface area contributed by atoms with Crippen molar-refractivity contribution in [3.63, 3.8) is 0 Å². The SMILES string of the molecule is CC(C)NS(=O)(=O)c1cccc(Cc2nc(Cl)ncc2Cl)c1. The predicted molar refractivity (Wildman–Crippen MR) is 86.8 cm³/mol. The molecule has 0 bridgehead atoms. The molecule has 0 spiro atoms. The molecule has 0 saturated heterocycles. The lowest BCUT2D eigenvalue weighted by Crippen LogP contribution is -2.30. The maximum atomic E-state index is 12.2. The molecule has 0 unspecified atom stereocenters. The van der Waals surface area contributed by atoms with E-state index >= 15 is 0 Å². The molecular weight excluding hydrogens is 345 g/mol. The minimum absolute atomic E-state index is 0.102. The van der Waals surface area contributed by atoms with E-state index in [4.69, 9.17) is 23.2 Å². The highest BCUT2D eigenvalue weighted by atomic mass is 35.5. The first kappa shape index (κ1) is 17.1. The van der Waals surface area contributed by atoms with E-state index in [9.17, 15) is 8.42 Å². The summed E-state index contributed by atoms with van der Waals surface area (Å²) in [6.45, 7) is 3.54. The average molecular weight is 360 g/mol. The van der Waals surface area contributed by atoms with Crippen molar-refractivity contribution in [2.75, 3.05) is 0 Å². The topological polar surface area (TPSA) is 72.0 Å². The first-order valence-electron chi connectivity index (χ1n) is 6.56. The van der Waals surface area contributed by atoms with Crippen molar-refractivity contribution in [1.29, 1.82) is 0 Å². The molecule has 1 aromatic carbocycles. The normalized spacial score (nSPS) is 11.9. The Kier molecular flexibility index (Phi) is 5.39. The van der Waals surface area contributed by atoms with Gasteiger partial charge in [0.2, 0.25) is 15.3 Å². The van der Waals surface area contributed by atoms with Crippen LogP contribution in [0.5, 0.6) is 0 Å². The van der Waals surface area contributed by atoms with Crippen LogP contribution in [0.15, 0.2) is 35.4 Å². The zero-order valence-corrected chi connectivity index (χ0v) is 14.4. The van der Waals surface area contributed by atoms with Crippen molar-refractivity contribution < 1.29 is 8.42 Å². The van der Waals surface area contributed by atoms with Crippen molar-refractivity contribution in [3.05, 3.63) is 52.0 Å². The third kappa shape index (κ3) is 4.39. The minimum atomic E-state index is -3.53. The zero-order valence-electron chi connectivity index (χ0n) is 12.0. The summed E-state index contributed by atoms with van der Waals surface area (Å²) < 4.78 is 26.9. The number of halogens is 2. The van der Waals surface area contributed by atoms with E-state index in [0.29, 0.717) is 17.1 Å². The summed E-state index contributed by atoms with van der Waals surface area (Å²) in [6.07, 6.45) is 1.79. The molecule has 0 aliphatic carbocycles. The van der Waals surface area contributed by atoms with Crippen LogP contribution < -0.4 is 4.72 Å². The Morgan fingerprint density at radius 3 is 2.68 bits per heavy atom. The molecule has 2 rings (SSSR count). The van der Waals surface area contributed by atoms with E-state index in [1.807, 2.05) is 0 Å². The lowest BCUT2D eigenvalue weighted by molar-refractivity contribution is 0.569. The molecule has 1 aromatic heterocycles. The molecule has 8 heteroatoms. The molecule has 0 saturated carbocycles. The van der Waals surface area contributed by atoms with Crippen molar-refractivity contribution in [2.45, 2.75) is 31.2 Å². The van der Waals surface area contributed by atoms with Crippen LogP contribution in [0.2, 0.25) is 10.3 Å². The van der Waals surface area contributed by atoms with Crippen LogP contribution in [0.25, 0.3) is 0 Å². The van der Waals surface area contributed by atoms with Crippen molar-refractivity contribution in [1.82, 2.24) is 14.7 Å². The van der Waals surface area contributed by atoms with Crippen molar-refractivity contribution >= 4 is 33.2 Å². The van der Waals surface area contributed by atoms with Gasteiger partial charge in [-0.05, 0) is 43.1 Å². The standard InChI is InChI=1S/C14H15Cl2N3O2S/c1-9(2)19-22(20,21)11-5-3-4-10(6-11)7-13-12(15)8-17-14(16)18-13/h3-6,8-9,19H,7H2,1-2H3. The number of nitrogens with zero attached hydrogens (tertiary/aromatic N) is 2. The number of nitrogens with one attached hydrogen (secondary N) is 1. The van der Waals surface area contributed by atoms with Gasteiger partial charge in [-0.1, -0.05) is 23.7 Å². The van der Waals surface area contributed by atoms with Gasteiger partial charge in [0.25, 0.3) is 0 Å². The highest BCUT2D eigenvalue weighted by molar-refractivity contribution is 7.89. The third-order valence-electron chi connectivity index (χ3n) is 2.76. The number of sulfonamides is 1. The summed E-state index contributed by atoms with van der Waals surface area (Å²) in [5.41, 5.74) is 1.32. The van der Waals surface area contributed by atoms with Crippen LogP contribution in [0.1, 0.15) is 25.1 Å². The van der Waals surface area contributed by atoms with Gasteiger partial charge in [0.1, 0.15) is 0 Å². The Morgan fingerprint density at radius 1 is 1.27 bits per heavy atom. The Labute approximate surface area is 139 Å². The Balaban J connectivity index is 2.31. The summed E-state index contributed by atoms with van der Waals surface area (Å²) in [5, 5.41) is 0.489.